The molecule has 0 radical (unpaired) electrons. The highest BCUT2D eigenvalue weighted by Gasteiger charge is 2.30. The van der Waals surface area contributed by atoms with Crippen molar-refractivity contribution >= 4 is 39.5 Å². The number of aliphatic hydroxyl groups excluding tert-OH is 1. The predicted molar refractivity (Wildman–Crippen MR) is 400 cm³/mol. The second-order valence-corrected chi connectivity index (χ2v) is 32.1. The van der Waals surface area contributed by atoms with Gasteiger partial charge in [-0.1, -0.05) is 363 Å². The van der Waals surface area contributed by atoms with E-state index in [0.717, 1.165) is 108 Å². The van der Waals surface area contributed by atoms with Crippen molar-refractivity contribution in [2.75, 3.05) is 39.6 Å². The van der Waals surface area contributed by atoms with E-state index in [9.17, 15) is 43.2 Å². The van der Waals surface area contributed by atoms with Crippen molar-refractivity contribution < 1.29 is 80.2 Å². The molecule has 0 aliphatic carbocycles. The van der Waals surface area contributed by atoms with Crippen molar-refractivity contribution in [3.8, 4) is 0 Å². The summed E-state index contributed by atoms with van der Waals surface area (Å²) in [4.78, 5) is 72.6. The Morgan fingerprint density at radius 1 is 0.296 bits per heavy atom. The molecule has 0 saturated carbocycles. The number of rotatable bonds is 78. The molecule has 0 heterocycles. The smallest absolute Gasteiger partial charge is 0.462 e. The highest BCUT2D eigenvalue weighted by Crippen LogP contribution is 2.45. The number of unbranched alkanes of at least 4 members (excludes halogenated alkanes) is 47. The van der Waals surface area contributed by atoms with Gasteiger partial charge in [-0.25, -0.2) is 9.13 Å². The SMILES string of the molecule is CCCCCCCCCCCCCCCCCCCCCCCC(=O)O[C@H](COC(=O)CCCCCCCCCCCCCCCCC(C)CC)COP(=O)(O)OC[C@@H](O)COP(=O)(O)OC[C@@H](COC(=O)CCCCCCC)OC(=O)CCCCCCCCCCCCCC(C)C. The van der Waals surface area contributed by atoms with Crippen molar-refractivity contribution in [3.05, 3.63) is 0 Å². The monoisotopic (exact) mass is 1440 g/mol. The molecule has 0 aliphatic rings. The third kappa shape index (κ3) is 71.1. The van der Waals surface area contributed by atoms with Gasteiger partial charge in [0.05, 0.1) is 26.4 Å². The summed E-state index contributed by atoms with van der Waals surface area (Å²) >= 11 is 0. The van der Waals surface area contributed by atoms with E-state index >= 15 is 0 Å². The van der Waals surface area contributed by atoms with Crippen LogP contribution in [0.4, 0.5) is 0 Å². The summed E-state index contributed by atoms with van der Waals surface area (Å²) in [5.74, 6) is -0.508. The summed E-state index contributed by atoms with van der Waals surface area (Å²) in [5, 5.41) is 10.6. The van der Waals surface area contributed by atoms with Crippen molar-refractivity contribution in [1.29, 1.82) is 0 Å². The number of carbonyl (C=O) groups excluding carboxylic acids is 4. The molecule has 0 aromatic heterocycles. The molecule has 0 aromatic rings. The van der Waals surface area contributed by atoms with Crippen LogP contribution in [0.25, 0.3) is 0 Å². The third-order valence-electron chi connectivity index (χ3n) is 18.8. The number of hydrogen-bond donors (Lipinski definition) is 3. The largest absolute Gasteiger partial charge is 0.472 e. The molecule has 3 N–H and O–H groups in total. The van der Waals surface area contributed by atoms with Gasteiger partial charge in [0.2, 0.25) is 0 Å². The molecule has 0 amide bonds. The minimum Gasteiger partial charge on any atom is -0.462 e. The lowest BCUT2D eigenvalue weighted by Gasteiger charge is -2.21. The Labute approximate surface area is 600 Å². The van der Waals surface area contributed by atoms with Crippen LogP contribution in [0.3, 0.4) is 0 Å². The molecule has 6 atom stereocenters. The first-order valence-electron chi connectivity index (χ1n) is 41.0. The molecule has 0 saturated heterocycles. The summed E-state index contributed by atoms with van der Waals surface area (Å²) in [5.41, 5.74) is 0. The van der Waals surface area contributed by atoms with E-state index in [1.54, 1.807) is 0 Å². The lowest BCUT2D eigenvalue weighted by molar-refractivity contribution is -0.161. The second kappa shape index (κ2) is 70.7. The van der Waals surface area contributed by atoms with Gasteiger partial charge in [0.1, 0.15) is 19.3 Å². The van der Waals surface area contributed by atoms with Gasteiger partial charge in [-0.15, -0.1) is 0 Å². The maximum atomic E-state index is 13.1. The standard InChI is InChI=1S/C79H154O17P2/c1-7-10-12-14-15-16-17-18-19-20-21-22-23-24-25-30-35-40-45-51-57-63-79(84)96-75(68-90-77(82)62-56-50-44-39-34-29-27-26-28-33-38-43-49-54-60-72(6)9-3)70-94-98(87,88)92-66-73(80)65-91-97(85,86)93-69-74(67-89-76(81)61-55-47-13-11-8-2)95-78(83)64-58-52-46-41-36-31-32-37-42-48-53-59-71(4)5/h71-75,80H,7-70H2,1-6H3,(H,85,86)(H,87,88)/t72?,73-,74+,75+/m0/s1. The van der Waals surface area contributed by atoms with Gasteiger partial charge in [-0.3, -0.25) is 37.3 Å². The van der Waals surface area contributed by atoms with E-state index in [-0.39, 0.29) is 25.7 Å². The van der Waals surface area contributed by atoms with Crippen LogP contribution in [0.1, 0.15) is 414 Å². The maximum absolute atomic E-state index is 13.1. The Hall–Kier alpha value is -1.94. The Morgan fingerprint density at radius 3 is 0.776 bits per heavy atom. The molecule has 19 heteroatoms. The molecule has 17 nitrogen and oxygen atoms in total. The quantitative estimate of drug-likeness (QED) is 0.0222. The molecule has 0 fully saturated rings. The van der Waals surface area contributed by atoms with Gasteiger partial charge in [0.15, 0.2) is 12.2 Å². The molecule has 0 spiro atoms. The minimum absolute atomic E-state index is 0.106. The summed E-state index contributed by atoms with van der Waals surface area (Å²) in [6.45, 7) is 9.58. The number of ether oxygens (including phenoxy) is 4. The van der Waals surface area contributed by atoms with Crippen molar-refractivity contribution in [3.63, 3.8) is 0 Å². The number of carbonyl (C=O) groups is 4. The normalized spacial score (nSPS) is 14.2. The van der Waals surface area contributed by atoms with Crippen LogP contribution in [-0.2, 0) is 65.4 Å². The van der Waals surface area contributed by atoms with Gasteiger partial charge >= 0.3 is 39.5 Å². The number of esters is 4. The molecular weight excluding hydrogens is 1280 g/mol. The number of phosphoric ester groups is 2. The molecule has 98 heavy (non-hydrogen) atoms. The van der Waals surface area contributed by atoms with Crippen molar-refractivity contribution in [2.45, 2.75) is 432 Å². The lowest BCUT2D eigenvalue weighted by atomic mass is 9.99. The second-order valence-electron chi connectivity index (χ2n) is 29.2. The summed E-state index contributed by atoms with van der Waals surface area (Å²) in [6.07, 6.45) is 60.1. The Balaban J connectivity index is 5.13. The third-order valence-corrected chi connectivity index (χ3v) is 20.7. The van der Waals surface area contributed by atoms with E-state index in [1.807, 2.05) is 0 Å². The van der Waals surface area contributed by atoms with Crippen LogP contribution in [0.5, 0.6) is 0 Å². The van der Waals surface area contributed by atoms with Crippen LogP contribution in [0.2, 0.25) is 0 Å². The van der Waals surface area contributed by atoms with E-state index < -0.39 is 97.5 Å². The zero-order valence-electron chi connectivity index (χ0n) is 64.1. The van der Waals surface area contributed by atoms with E-state index in [0.29, 0.717) is 25.7 Å². The average molecular weight is 1440 g/mol. The van der Waals surface area contributed by atoms with Gasteiger partial charge in [-0.05, 0) is 37.5 Å². The zero-order chi connectivity index (χ0) is 72.1. The minimum atomic E-state index is -4.96. The van der Waals surface area contributed by atoms with Crippen molar-refractivity contribution in [1.82, 2.24) is 0 Å². The molecule has 0 bridgehead atoms. The first-order chi connectivity index (χ1) is 47.4. The van der Waals surface area contributed by atoms with Crippen LogP contribution in [0, 0.1) is 11.8 Å². The zero-order valence-corrected chi connectivity index (χ0v) is 65.9. The number of hydrogen-bond acceptors (Lipinski definition) is 15. The van der Waals surface area contributed by atoms with Crippen LogP contribution < -0.4 is 0 Å². The lowest BCUT2D eigenvalue weighted by Crippen LogP contribution is -2.30. The Morgan fingerprint density at radius 2 is 0.520 bits per heavy atom. The van der Waals surface area contributed by atoms with Crippen LogP contribution in [0.15, 0.2) is 0 Å². The fourth-order valence-corrected chi connectivity index (χ4v) is 13.7. The average Bonchev–Trinajstić information content (AvgIpc) is 1.60. The van der Waals surface area contributed by atoms with E-state index in [4.69, 9.17) is 37.0 Å². The van der Waals surface area contributed by atoms with Gasteiger partial charge in [0.25, 0.3) is 0 Å². The van der Waals surface area contributed by atoms with Gasteiger partial charge in [0, 0.05) is 25.7 Å². The topological polar surface area (TPSA) is 237 Å². The summed E-state index contributed by atoms with van der Waals surface area (Å²) in [7, 11) is -9.91. The highest BCUT2D eigenvalue weighted by molar-refractivity contribution is 7.47. The first-order valence-corrected chi connectivity index (χ1v) is 44.0. The molecule has 0 aliphatic heterocycles. The van der Waals surface area contributed by atoms with E-state index in [2.05, 4.69) is 41.5 Å². The summed E-state index contributed by atoms with van der Waals surface area (Å²) in [6, 6.07) is 0. The van der Waals surface area contributed by atoms with E-state index in [1.165, 1.54) is 225 Å². The predicted octanol–water partition coefficient (Wildman–Crippen LogP) is 23.5. The number of phosphoric acid groups is 2. The highest BCUT2D eigenvalue weighted by atomic mass is 31.2. The molecular formula is C79H154O17P2. The van der Waals surface area contributed by atoms with Crippen LogP contribution >= 0.6 is 15.6 Å². The van der Waals surface area contributed by atoms with Crippen molar-refractivity contribution in [2.24, 2.45) is 11.8 Å². The Kier molecular flexibility index (Phi) is 69.3. The van der Waals surface area contributed by atoms with Crippen LogP contribution in [-0.4, -0.2) is 96.7 Å². The fourth-order valence-electron chi connectivity index (χ4n) is 12.2. The number of aliphatic hydroxyl groups is 1. The fraction of sp³-hybridized carbons (Fsp3) is 0.949. The molecule has 0 aromatic carbocycles. The van der Waals surface area contributed by atoms with Gasteiger partial charge in [-0.2, -0.15) is 0 Å². The Bertz CT molecular complexity index is 1890. The molecule has 3 unspecified atom stereocenters. The van der Waals surface area contributed by atoms with Gasteiger partial charge < -0.3 is 33.8 Å². The molecule has 0 rings (SSSR count). The first kappa shape index (κ1) is 96.1. The molecule has 582 valence electrons. The maximum Gasteiger partial charge on any atom is 0.472 e. The summed E-state index contributed by atoms with van der Waals surface area (Å²) < 4.78 is 68.4.